The Bertz CT molecular complexity index is 589. The monoisotopic (exact) mass is 369 g/mol. The van der Waals surface area contributed by atoms with E-state index in [1.807, 2.05) is 49.4 Å². The van der Waals surface area contributed by atoms with Crippen LogP contribution >= 0.6 is 27.5 Å². The molecular formula is C16H17BrClNO2. The van der Waals surface area contributed by atoms with Crippen LogP contribution in [0.1, 0.15) is 5.56 Å². The molecule has 0 radical (unpaired) electrons. The van der Waals surface area contributed by atoms with E-state index in [4.69, 9.17) is 16.3 Å². The van der Waals surface area contributed by atoms with Gasteiger partial charge in [-0.2, -0.15) is 0 Å². The number of hydrogen-bond acceptors (Lipinski definition) is 3. The average Bonchev–Trinajstić information content (AvgIpc) is 2.47. The lowest BCUT2D eigenvalue weighted by molar-refractivity contribution is 0.117. The topological polar surface area (TPSA) is 41.5 Å². The summed E-state index contributed by atoms with van der Waals surface area (Å²) in [6.45, 7) is 2.59. The number of aliphatic hydroxyl groups is 1. The Morgan fingerprint density at radius 2 is 1.95 bits per heavy atom. The summed E-state index contributed by atoms with van der Waals surface area (Å²) >= 11 is 9.45. The maximum atomic E-state index is 9.95. The summed E-state index contributed by atoms with van der Waals surface area (Å²) in [5.41, 5.74) is 1.93. The largest absolute Gasteiger partial charge is 0.491 e. The Hall–Kier alpha value is -1.23. The number of halogens is 2. The fourth-order valence-electron chi connectivity index (χ4n) is 1.78. The van der Waals surface area contributed by atoms with Crippen LogP contribution in [-0.4, -0.2) is 24.4 Å². The van der Waals surface area contributed by atoms with E-state index in [0.29, 0.717) is 11.6 Å². The molecule has 1 atom stereocenters. The lowest BCUT2D eigenvalue weighted by Crippen LogP contribution is -2.26. The Balaban J connectivity index is 1.80. The zero-order valence-corrected chi connectivity index (χ0v) is 14.0. The predicted octanol–water partition coefficient (Wildman–Crippen LogP) is 4.26. The fraction of sp³-hybridized carbons (Fsp3) is 0.250. The second-order valence-electron chi connectivity index (χ2n) is 4.78. The van der Waals surface area contributed by atoms with E-state index in [2.05, 4.69) is 21.2 Å². The first-order valence-electron chi connectivity index (χ1n) is 6.61. The highest BCUT2D eigenvalue weighted by Crippen LogP contribution is 2.22. The van der Waals surface area contributed by atoms with Gasteiger partial charge >= 0.3 is 0 Å². The zero-order chi connectivity index (χ0) is 15.2. The van der Waals surface area contributed by atoms with Crippen LogP contribution in [0.5, 0.6) is 5.75 Å². The third-order valence-electron chi connectivity index (χ3n) is 2.91. The van der Waals surface area contributed by atoms with Gasteiger partial charge in [0.15, 0.2) is 0 Å². The van der Waals surface area contributed by atoms with Crippen LogP contribution in [0, 0.1) is 6.92 Å². The first-order valence-corrected chi connectivity index (χ1v) is 7.78. The van der Waals surface area contributed by atoms with Gasteiger partial charge in [-0.3, -0.25) is 0 Å². The second-order valence-corrected chi connectivity index (χ2v) is 6.11. The molecule has 3 nitrogen and oxygen atoms in total. The quantitative estimate of drug-likeness (QED) is 0.798. The van der Waals surface area contributed by atoms with Crippen LogP contribution in [0.25, 0.3) is 0 Å². The maximum absolute atomic E-state index is 9.95. The molecule has 0 heterocycles. The molecule has 2 aromatic rings. The zero-order valence-electron chi connectivity index (χ0n) is 11.6. The summed E-state index contributed by atoms with van der Waals surface area (Å²) in [7, 11) is 0. The number of anilines is 1. The van der Waals surface area contributed by atoms with E-state index < -0.39 is 6.10 Å². The first-order chi connectivity index (χ1) is 10.0. The summed E-state index contributed by atoms with van der Waals surface area (Å²) in [5.74, 6) is 0.728. The first kappa shape index (κ1) is 16.1. The minimum absolute atomic E-state index is 0.220. The molecule has 0 aliphatic carbocycles. The maximum Gasteiger partial charge on any atom is 0.119 e. The number of rotatable bonds is 6. The molecule has 0 aliphatic rings. The van der Waals surface area contributed by atoms with Gasteiger partial charge in [0.2, 0.25) is 0 Å². The number of aryl methyl sites for hydroxylation is 1. The third kappa shape index (κ3) is 5.23. The van der Waals surface area contributed by atoms with Crippen LogP contribution in [0.15, 0.2) is 46.9 Å². The fourth-order valence-corrected chi connectivity index (χ4v) is 2.23. The molecule has 112 valence electrons. The Kier molecular flexibility index (Phi) is 5.91. The van der Waals surface area contributed by atoms with Gasteiger partial charge in [-0.25, -0.2) is 0 Å². The highest BCUT2D eigenvalue weighted by molar-refractivity contribution is 9.10. The number of hydrogen-bond donors (Lipinski definition) is 2. The Morgan fingerprint density at radius 1 is 1.24 bits per heavy atom. The van der Waals surface area contributed by atoms with Crippen LogP contribution in [-0.2, 0) is 0 Å². The SMILES string of the molecule is Cc1ccc(Cl)c(NCC(O)COc2ccc(Br)cc2)c1. The van der Waals surface area contributed by atoms with Gasteiger partial charge in [0.25, 0.3) is 0 Å². The van der Waals surface area contributed by atoms with Gasteiger partial charge < -0.3 is 15.2 Å². The molecule has 0 bridgehead atoms. The lowest BCUT2D eigenvalue weighted by atomic mass is 10.2. The molecule has 2 rings (SSSR count). The van der Waals surface area contributed by atoms with Crippen molar-refractivity contribution in [3.8, 4) is 5.75 Å². The van der Waals surface area contributed by atoms with Crippen molar-refractivity contribution in [3.05, 3.63) is 57.5 Å². The normalized spacial score (nSPS) is 12.0. The van der Waals surface area contributed by atoms with Gasteiger partial charge in [-0.15, -0.1) is 0 Å². The van der Waals surface area contributed by atoms with Crippen molar-refractivity contribution in [3.63, 3.8) is 0 Å². The highest BCUT2D eigenvalue weighted by atomic mass is 79.9. The predicted molar refractivity (Wildman–Crippen MR) is 90.3 cm³/mol. The van der Waals surface area contributed by atoms with E-state index in [1.165, 1.54) is 0 Å². The number of ether oxygens (including phenoxy) is 1. The number of aliphatic hydroxyl groups excluding tert-OH is 1. The van der Waals surface area contributed by atoms with Gasteiger partial charge in [0.05, 0.1) is 10.7 Å². The van der Waals surface area contributed by atoms with Crippen molar-refractivity contribution in [1.29, 1.82) is 0 Å². The molecule has 0 amide bonds. The molecule has 0 saturated heterocycles. The minimum atomic E-state index is -0.620. The number of benzene rings is 2. The molecule has 2 N–H and O–H groups in total. The Labute approximate surface area is 138 Å². The molecule has 2 aromatic carbocycles. The van der Waals surface area contributed by atoms with Gasteiger partial charge in [-0.05, 0) is 48.9 Å². The molecule has 21 heavy (non-hydrogen) atoms. The Morgan fingerprint density at radius 3 is 2.67 bits per heavy atom. The smallest absolute Gasteiger partial charge is 0.119 e. The van der Waals surface area contributed by atoms with E-state index in [-0.39, 0.29) is 6.61 Å². The molecule has 0 saturated carbocycles. The summed E-state index contributed by atoms with van der Waals surface area (Å²) in [4.78, 5) is 0. The highest BCUT2D eigenvalue weighted by Gasteiger charge is 2.07. The summed E-state index contributed by atoms with van der Waals surface area (Å²) in [6, 6.07) is 13.2. The molecule has 5 heteroatoms. The van der Waals surface area contributed by atoms with E-state index in [0.717, 1.165) is 21.5 Å². The van der Waals surface area contributed by atoms with E-state index >= 15 is 0 Å². The van der Waals surface area contributed by atoms with Gasteiger partial charge in [0, 0.05) is 11.0 Å². The van der Waals surface area contributed by atoms with Crippen LogP contribution in [0.4, 0.5) is 5.69 Å². The van der Waals surface area contributed by atoms with Crippen molar-refractivity contribution in [2.75, 3.05) is 18.5 Å². The van der Waals surface area contributed by atoms with Crippen LogP contribution in [0.2, 0.25) is 5.02 Å². The van der Waals surface area contributed by atoms with Crippen molar-refractivity contribution >= 4 is 33.2 Å². The standard InChI is InChI=1S/C16H17BrClNO2/c1-11-2-7-15(18)16(8-11)19-9-13(20)10-21-14-5-3-12(17)4-6-14/h2-8,13,19-20H,9-10H2,1H3. The number of nitrogens with one attached hydrogen (secondary N) is 1. The molecule has 0 fully saturated rings. The average molecular weight is 371 g/mol. The minimum Gasteiger partial charge on any atom is -0.491 e. The molecule has 0 spiro atoms. The third-order valence-corrected chi connectivity index (χ3v) is 3.76. The van der Waals surface area contributed by atoms with Crippen molar-refractivity contribution in [2.45, 2.75) is 13.0 Å². The van der Waals surface area contributed by atoms with Crippen molar-refractivity contribution in [2.24, 2.45) is 0 Å². The lowest BCUT2D eigenvalue weighted by Gasteiger charge is -2.15. The summed E-state index contributed by atoms with van der Waals surface area (Å²) in [5, 5.41) is 13.7. The van der Waals surface area contributed by atoms with Gasteiger partial charge in [-0.1, -0.05) is 33.6 Å². The molecule has 0 aromatic heterocycles. The molecule has 1 unspecified atom stereocenters. The van der Waals surface area contributed by atoms with Gasteiger partial charge in [0.1, 0.15) is 18.5 Å². The molecule has 0 aliphatic heterocycles. The van der Waals surface area contributed by atoms with E-state index in [9.17, 15) is 5.11 Å². The summed E-state index contributed by atoms with van der Waals surface area (Å²) < 4.78 is 6.51. The van der Waals surface area contributed by atoms with E-state index in [1.54, 1.807) is 0 Å². The van der Waals surface area contributed by atoms with Crippen molar-refractivity contribution < 1.29 is 9.84 Å². The van der Waals surface area contributed by atoms with Crippen LogP contribution < -0.4 is 10.1 Å². The second kappa shape index (κ2) is 7.69. The molecular weight excluding hydrogens is 354 g/mol. The summed E-state index contributed by atoms with van der Waals surface area (Å²) in [6.07, 6.45) is -0.620. The van der Waals surface area contributed by atoms with Crippen LogP contribution in [0.3, 0.4) is 0 Å². The van der Waals surface area contributed by atoms with Crippen molar-refractivity contribution in [1.82, 2.24) is 0 Å².